The van der Waals surface area contributed by atoms with E-state index >= 15 is 0 Å². The summed E-state index contributed by atoms with van der Waals surface area (Å²) >= 11 is 5.69. The molecule has 0 bridgehead atoms. The third-order valence-electron chi connectivity index (χ3n) is 6.85. The average Bonchev–Trinajstić information content (AvgIpc) is 2.83. The van der Waals surface area contributed by atoms with E-state index < -0.39 is 17.8 Å². The molecule has 2 aliphatic rings. The number of aryl methyl sites for hydroxylation is 1. The van der Waals surface area contributed by atoms with Crippen LogP contribution in [0, 0.1) is 5.92 Å². The summed E-state index contributed by atoms with van der Waals surface area (Å²) in [7, 11) is 4.01. The van der Waals surface area contributed by atoms with Gasteiger partial charge >= 0.3 is 12.2 Å². The predicted octanol–water partition coefficient (Wildman–Crippen LogP) is 5.89. The number of amides is 2. The Kier molecular flexibility index (Phi) is 8.12. The summed E-state index contributed by atoms with van der Waals surface area (Å²) in [6.45, 7) is 0.396. The summed E-state index contributed by atoms with van der Waals surface area (Å²) in [6, 6.07) is 2.86. The number of rotatable bonds is 6. The van der Waals surface area contributed by atoms with Gasteiger partial charge in [0.2, 0.25) is 5.95 Å². The monoisotopic (exact) mass is 524 g/mol. The van der Waals surface area contributed by atoms with Crippen molar-refractivity contribution in [3.63, 3.8) is 0 Å². The summed E-state index contributed by atoms with van der Waals surface area (Å²) in [4.78, 5) is 23.9. The molecule has 3 N–H and O–H groups in total. The molecule has 1 saturated carbocycles. The van der Waals surface area contributed by atoms with E-state index in [9.17, 15) is 18.0 Å². The number of benzene rings is 1. The molecule has 4 rings (SSSR count). The average molecular weight is 525 g/mol. The van der Waals surface area contributed by atoms with Crippen LogP contribution in [-0.4, -0.2) is 42.7 Å². The van der Waals surface area contributed by atoms with Gasteiger partial charge in [-0.25, -0.2) is 9.78 Å². The molecule has 2 aliphatic carbocycles. The van der Waals surface area contributed by atoms with Crippen molar-refractivity contribution in [2.24, 2.45) is 5.92 Å². The van der Waals surface area contributed by atoms with Crippen LogP contribution in [0.25, 0.3) is 0 Å². The Labute approximate surface area is 214 Å². The normalized spacial score (nSPS) is 19.8. The maximum atomic E-state index is 13.2. The van der Waals surface area contributed by atoms with Crippen molar-refractivity contribution in [3.8, 4) is 0 Å². The molecule has 196 valence electrons. The number of fused-ring (bicyclic) bond motifs is 1. The number of hydrogen-bond donors (Lipinski definition) is 3. The molecular weight excluding hydrogens is 493 g/mol. The molecule has 1 aromatic heterocycles. The van der Waals surface area contributed by atoms with Gasteiger partial charge in [-0.15, -0.1) is 0 Å². The smallest absolute Gasteiger partial charge is 0.362 e. The molecule has 0 radical (unpaired) electrons. The summed E-state index contributed by atoms with van der Waals surface area (Å²) in [5.41, 5.74) is 1.10. The van der Waals surface area contributed by atoms with Crippen LogP contribution in [0.15, 0.2) is 18.2 Å². The number of carbonyl (C=O) groups is 1. The number of anilines is 3. The van der Waals surface area contributed by atoms with Crippen LogP contribution in [0.3, 0.4) is 0 Å². The van der Waals surface area contributed by atoms with Crippen molar-refractivity contribution >= 4 is 35.1 Å². The first-order chi connectivity index (χ1) is 17.1. The van der Waals surface area contributed by atoms with E-state index in [1.807, 2.05) is 19.0 Å². The van der Waals surface area contributed by atoms with Gasteiger partial charge in [0, 0.05) is 37.3 Å². The molecule has 1 heterocycles. The molecule has 36 heavy (non-hydrogen) atoms. The molecule has 1 aromatic carbocycles. The van der Waals surface area contributed by atoms with Crippen LogP contribution in [0.1, 0.15) is 55.3 Å². The Morgan fingerprint density at radius 1 is 1.11 bits per heavy atom. The van der Waals surface area contributed by atoms with Crippen molar-refractivity contribution in [2.75, 3.05) is 36.2 Å². The van der Waals surface area contributed by atoms with Gasteiger partial charge in [-0.3, -0.25) is 0 Å². The number of nitrogens with one attached hydrogen (secondary N) is 3. The summed E-state index contributed by atoms with van der Waals surface area (Å²) < 4.78 is 39.7. The van der Waals surface area contributed by atoms with Gasteiger partial charge < -0.3 is 20.9 Å². The minimum atomic E-state index is -4.62. The Balaban J connectivity index is 1.27. The summed E-state index contributed by atoms with van der Waals surface area (Å²) in [5, 5.41) is 8.47. The molecule has 0 saturated heterocycles. The molecule has 0 atom stereocenters. The Bertz CT molecular complexity index is 1090. The predicted molar refractivity (Wildman–Crippen MR) is 136 cm³/mol. The van der Waals surface area contributed by atoms with Gasteiger partial charge in [0.15, 0.2) is 0 Å². The van der Waals surface area contributed by atoms with E-state index in [2.05, 4.69) is 16.0 Å². The van der Waals surface area contributed by atoms with Crippen molar-refractivity contribution in [1.82, 2.24) is 15.3 Å². The quantitative estimate of drug-likeness (QED) is 0.439. The number of halogens is 4. The lowest BCUT2D eigenvalue weighted by Gasteiger charge is -2.30. The lowest BCUT2D eigenvalue weighted by molar-refractivity contribution is -0.136. The van der Waals surface area contributed by atoms with Gasteiger partial charge in [0.25, 0.3) is 0 Å². The zero-order valence-electron chi connectivity index (χ0n) is 20.5. The van der Waals surface area contributed by atoms with Gasteiger partial charge in [-0.2, -0.15) is 18.2 Å². The molecule has 11 heteroatoms. The third kappa shape index (κ3) is 6.52. The SMILES string of the molecule is CN(C)c1nc(N[C@H]2CC[C@@H](CNC(=O)Nc3ccc(Cl)cc3C(F)(F)F)CC2)nc2c1CCCC2. The molecule has 0 spiro atoms. The Morgan fingerprint density at radius 2 is 1.83 bits per heavy atom. The van der Waals surface area contributed by atoms with E-state index in [0.717, 1.165) is 68.6 Å². The second-order valence-electron chi connectivity index (χ2n) is 9.78. The highest BCUT2D eigenvalue weighted by atomic mass is 35.5. The van der Waals surface area contributed by atoms with Crippen molar-refractivity contribution < 1.29 is 18.0 Å². The zero-order valence-corrected chi connectivity index (χ0v) is 21.3. The fourth-order valence-electron chi connectivity index (χ4n) is 4.97. The fourth-order valence-corrected chi connectivity index (χ4v) is 5.14. The molecule has 7 nitrogen and oxygen atoms in total. The highest BCUT2D eigenvalue weighted by Gasteiger charge is 2.34. The second-order valence-corrected chi connectivity index (χ2v) is 10.2. The highest BCUT2D eigenvalue weighted by Crippen LogP contribution is 2.36. The fraction of sp³-hybridized carbons (Fsp3) is 0.560. The Morgan fingerprint density at radius 3 is 2.53 bits per heavy atom. The van der Waals surface area contributed by atoms with Gasteiger partial charge in [-0.05, 0) is 75.5 Å². The largest absolute Gasteiger partial charge is 0.418 e. The van der Waals surface area contributed by atoms with E-state index in [-0.39, 0.29) is 22.7 Å². The number of aromatic nitrogens is 2. The Hall–Kier alpha value is -2.75. The van der Waals surface area contributed by atoms with Crippen molar-refractivity contribution in [2.45, 2.75) is 63.6 Å². The standard InChI is InChI=1S/C25H32ClF3N6O/c1-35(2)22-18-5-3-4-6-20(18)32-23(34-22)31-17-10-7-15(8-11-17)14-30-24(36)33-21-12-9-16(26)13-19(21)25(27,28)29/h9,12-13,15,17H,3-8,10-11,14H2,1-2H3,(H2,30,33,36)(H,31,32,34)/t15-,17+. The van der Waals surface area contributed by atoms with Crippen LogP contribution < -0.4 is 20.9 Å². The molecular formula is C25H32ClF3N6O. The maximum Gasteiger partial charge on any atom is 0.418 e. The number of carbonyl (C=O) groups excluding carboxylic acids is 1. The molecule has 2 amide bonds. The topological polar surface area (TPSA) is 82.2 Å². The first-order valence-corrected chi connectivity index (χ1v) is 12.7. The van der Waals surface area contributed by atoms with Crippen molar-refractivity contribution in [1.29, 1.82) is 0 Å². The molecule has 0 aliphatic heterocycles. The molecule has 2 aromatic rings. The van der Waals surface area contributed by atoms with E-state index in [0.29, 0.717) is 12.5 Å². The van der Waals surface area contributed by atoms with Crippen LogP contribution >= 0.6 is 11.6 Å². The zero-order chi connectivity index (χ0) is 25.9. The third-order valence-corrected chi connectivity index (χ3v) is 7.09. The number of nitrogens with zero attached hydrogens (tertiary/aromatic N) is 3. The number of hydrogen-bond acceptors (Lipinski definition) is 5. The van der Waals surface area contributed by atoms with Crippen LogP contribution in [0.5, 0.6) is 0 Å². The van der Waals surface area contributed by atoms with Crippen molar-refractivity contribution in [3.05, 3.63) is 40.0 Å². The van der Waals surface area contributed by atoms with Crippen LogP contribution in [-0.2, 0) is 19.0 Å². The number of urea groups is 1. The minimum Gasteiger partial charge on any atom is -0.362 e. The van der Waals surface area contributed by atoms with Gasteiger partial charge in [0.05, 0.1) is 16.9 Å². The molecule has 1 fully saturated rings. The number of alkyl halides is 3. The van der Waals surface area contributed by atoms with Gasteiger partial charge in [0.1, 0.15) is 5.82 Å². The van der Waals surface area contributed by atoms with Crippen LogP contribution in [0.2, 0.25) is 5.02 Å². The maximum absolute atomic E-state index is 13.2. The minimum absolute atomic E-state index is 0.0441. The highest BCUT2D eigenvalue weighted by molar-refractivity contribution is 6.30. The van der Waals surface area contributed by atoms with Gasteiger partial charge in [-0.1, -0.05) is 11.6 Å². The van der Waals surface area contributed by atoms with E-state index in [4.69, 9.17) is 21.6 Å². The van der Waals surface area contributed by atoms with E-state index in [1.54, 1.807) is 0 Å². The summed E-state index contributed by atoms with van der Waals surface area (Å²) in [5.74, 6) is 1.91. The first kappa shape index (κ1) is 26.3. The lowest BCUT2D eigenvalue weighted by atomic mass is 9.86. The lowest BCUT2D eigenvalue weighted by Crippen LogP contribution is -2.36. The molecule has 0 unspecified atom stereocenters. The van der Waals surface area contributed by atoms with E-state index in [1.165, 1.54) is 18.1 Å². The summed E-state index contributed by atoms with van der Waals surface area (Å²) in [6.07, 6.45) is 3.28. The first-order valence-electron chi connectivity index (χ1n) is 12.4. The van der Waals surface area contributed by atoms with Crippen LogP contribution in [0.4, 0.5) is 35.4 Å². The second kappa shape index (κ2) is 11.1.